The first-order valence-electron chi connectivity index (χ1n) is 7.38. The third-order valence-electron chi connectivity index (χ3n) is 3.21. The van der Waals surface area contributed by atoms with Gasteiger partial charge in [-0.25, -0.2) is 0 Å². The monoisotopic (exact) mass is 298 g/mol. The van der Waals surface area contributed by atoms with Gasteiger partial charge in [0, 0.05) is 23.5 Å². The summed E-state index contributed by atoms with van der Waals surface area (Å²) in [5, 5.41) is 6.22. The van der Waals surface area contributed by atoms with Crippen LogP contribution < -0.4 is 15.4 Å². The fourth-order valence-corrected chi connectivity index (χ4v) is 1.94. The maximum Gasteiger partial charge on any atom is 0.255 e. The summed E-state index contributed by atoms with van der Waals surface area (Å²) in [6.45, 7) is 5.25. The van der Waals surface area contributed by atoms with Gasteiger partial charge >= 0.3 is 0 Å². The standard InChI is InChI=1S/C18H22N2O2/c1-13(2)12-19-15-6-8-16(9-7-15)20-18(21)14-4-10-17(22-3)11-5-14/h4-11,13,19H,12H2,1-3H3,(H,20,21). The topological polar surface area (TPSA) is 50.4 Å². The number of hydrogen-bond acceptors (Lipinski definition) is 3. The van der Waals surface area contributed by atoms with Gasteiger partial charge in [0.25, 0.3) is 5.91 Å². The van der Waals surface area contributed by atoms with Crippen LogP contribution in [0.1, 0.15) is 24.2 Å². The summed E-state index contributed by atoms with van der Waals surface area (Å²) in [7, 11) is 1.60. The first-order chi connectivity index (χ1) is 10.6. The molecule has 2 rings (SSSR count). The van der Waals surface area contributed by atoms with Gasteiger partial charge in [0.2, 0.25) is 0 Å². The molecule has 2 aromatic carbocycles. The van der Waals surface area contributed by atoms with E-state index in [2.05, 4.69) is 24.5 Å². The van der Waals surface area contributed by atoms with Crippen molar-refractivity contribution in [1.29, 1.82) is 0 Å². The molecular weight excluding hydrogens is 276 g/mol. The van der Waals surface area contributed by atoms with Crippen LogP contribution in [0.3, 0.4) is 0 Å². The number of ether oxygens (including phenoxy) is 1. The molecule has 0 atom stereocenters. The molecule has 0 radical (unpaired) electrons. The lowest BCUT2D eigenvalue weighted by Gasteiger charge is -2.10. The number of methoxy groups -OCH3 is 1. The Morgan fingerprint density at radius 3 is 2.14 bits per heavy atom. The lowest BCUT2D eigenvalue weighted by atomic mass is 10.2. The fraction of sp³-hybridized carbons (Fsp3) is 0.278. The molecule has 116 valence electrons. The van der Waals surface area contributed by atoms with Gasteiger partial charge in [-0.05, 0) is 54.4 Å². The second-order valence-corrected chi connectivity index (χ2v) is 5.53. The second-order valence-electron chi connectivity index (χ2n) is 5.53. The zero-order valence-electron chi connectivity index (χ0n) is 13.2. The molecule has 0 saturated carbocycles. The number of carbonyl (C=O) groups excluding carboxylic acids is 1. The number of benzene rings is 2. The average Bonchev–Trinajstić information content (AvgIpc) is 2.54. The van der Waals surface area contributed by atoms with Crippen molar-refractivity contribution in [3.63, 3.8) is 0 Å². The Bertz CT molecular complexity index is 604. The Kier molecular flexibility index (Phi) is 5.42. The maximum atomic E-state index is 12.1. The Morgan fingerprint density at radius 2 is 1.59 bits per heavy atom. The van der Waals surface area contributed by atoms with Crippen LogP contribution in [0, 0.1) is 5.92 Å². The third-order valence-corrected chi connectivity index (χ3v) is 3.21. The maximum absolute atomic E-state index is 12.1. The van der Waals surface area contributed by atoms with E-state index in [1.165, 1.54) is 0 Å². The van der Waals surface area contributed by atoms with Crippen molar-refractivity contribution in [3.8, 4) is 5.75 Å². The molecule has 4 nitrogen and oxygen atoms in total. The number of anilines is 2. The molecule has 0 bridgehead atoms. The Balaban J connectivity index is 1.96. The van der Waals surface area contributed by atoms with Crippen LogP contribution in [0.4, 0.5) is 11.4 Å². The van der Waals surface area contributed by atoms with Crippen LogP contribution in [-0.4, -0.2) is 19.6 Å². The minimum Gasteiger partial charge on any atom is -0.497 e. The normalized spacial score (nSPS) is 10.4. The summed E-state index contributed by atoms with van der Waals surface area (Å²) in [5.41, 5.74) is 2.43. The molecule has 1 amide bonds. The first-order valence-corrected chi connectivity index (χ1v) is 7.38. The molecule has 2 aromatic rings. The lowest BCUT2D eigenvalue weighted by molar-refractivity contribution is 0.102. The average molecular weight is 298 g/mol. The largest absolute Gasteiger partial charge is 0.497 e. The van der Waals surface area contributed by atoms with E-state index in [1.54, 1.807) is 31.4 Å². The highest BCUT2D eigenvalue weighted by Crippen LogP contribution is 2.16. The van der Waals surface area contributed by atoms with Crippen molar-refractivity contribution < 1.29 is 9.53 Å². The fourth-order valence-electron chi connectivity index (χ4n) is 1.94. The van der Waals surface area contributed by atoms with E-state index < -0.39 is 0 Å². The van der Waals surface area contributed by atoms with Gasteiger partial charge in [0.05, 0.1) is 7.11 Å². The highest BCUT2D eigenvalue weighted by molar-refractivity contribution is 6.04. The molecule has 0 fully saturated rings. The number of rotatable bonds is 6. The Labute approximate surface area is 131 Å². The zero-order chi connectivity index (χ0) is 15.9. The molecule has 0 aliphatic carbocycles. The summed E-state index contributed by atoms with van der Waals surface area (Å²) < 4.78 is 5.08. The van der Waals surface area contributed by atoms with Gasteiger partial charge in [-0.15, -0.1) is 0 Å². The van der Waals surface area contributed by atoms with E-state index in [-0.39, 0.29) is 5.91 Å². The van der Waals surface area contributed by atoms with E-state index in [0.29, 0.717) is 11.5 Å². The highest BCUT2D eigenvalue weighted by Gasteiger charge is 2.06. The highest BCUT2D eigenvalue weighted by atomic mass is 16.5. The van der Waals surface area contributed by atoms with Gasteiger partial charge in [0.1, 0.15) is 5.75 Å². The number of amides is 1. The summed E-state index contributed by atoms with van der Waals surface area (Å²) in [4.78, 5) is 12.1. The van der Waals surface area contributed by atoms with E-state index in [0.717, 1.165) is 23.7 Å². The van der Waals surface area contributed by atoms with Gasteiger partial charge in [-0.2, -0.15) is 0 Å². The zero-order valence-corrected chi connectivity index (χ0v) is 13.2. The molecule has 0 aliphatic heterocycles. The Morgan fingerprint density at radius 1 is 1.00 bits per heavy atom. The van der Waals surface area contributed by atoms with Crippen LogP contribution in [-0.2, 0) is 0 Å². The van der Waals surface area contributed by atoms with E-state index in [4.69, 9.17) is 4.74 Å². The van der Waals surface area contributed by atoms with Crippen LogP contribution in [0.2, 0.25) is 0 Å². The van der Waals surface area contributed by atoms with Gasteiger partial charge in [-0.3, -0.25) is 4.79 Å². The van der Waals surface area contributed by atoms with Crippen molar-refractivity contribution in [3.05, 3.63) is 54.1 Å². The van der Waals surface area contributed by atoms with Crippen LogP contribution in [0.25, 0.3) is 0 Å². The number of hydrogen-bond donors (Lipinski definition) is 2. The minimum absolute atomic E-state index is 0.134. The second kappa shape index (κ2) is 7.50. The number of carbonyl (C=O) groups is 1. The summed E-state index contributed by atoms with van der Waals surface area (Å²) in [6, 6.07) is 14.7. The third kappa shape index (κ3) is 4.52. The smallest absolute Gasteiger partial charge is 0.255 e. The summed E-state index contributed by atoms with van der Waals surface area (Å²) in [6.07, 6.45) is 0. The molecule has 0 unspecified atom stereocenters. The number of nitrogens with one attached hydrogen (secondary N) is 2. The van der Waals surface area contributed by atoms with Crippen LogP contribution in [0.5, 0.6) is 5.75 Å². The lowest BCUT2D eigenvalue weighted by Crippen LogP contribution is -2.12. The summed E-state index contributed by atoms with van der Waals surface area (Å²) >= 11 is 0. The molecule has 0 aliphatic rings. The quantitative estimate of drug-likeness (QED) is 0.847. The van der Waals surface area contributed by atoms with Crippen molar-refractivity contribution >= 4 is 17.3 Å². The molecule has 2 N–H and O–H groups in total. The molecule has 0 saturated heterocycles. The van der Waals surface area contributed by atoms with E-state index in [1.807, 2.05) is 24.3 Å². The minimum atomic E-state index is -0.134. The van der Waals surface area contributed by atoms with Crippen molar-refractivity contribution in [2.75, 3.05) is 24.3 Å². The molecule has 4 heteroatoms. The molecule has 0 heterocycles. The molecule has 0 aromatic heterocycles. The first kappa shape index (κ1) is 15.9. The van der Waals surface area contributed by atoms with Crippen molar-refractivity contribution in [2.45, 2.75) is 13.8 Å². The van der Waals surface area contributed by atoms with Crippen molar-refractivity contribution in [1.82, 2.24) is 0 Å². The molecular formula is C18H22N2O2. The van der Waals surface area contributed by atoms with Gasteiger partial charge < -0.3 is 15.4 Å². The van der Waals surface area contributed by atoms with E-state index in [9.17, 15) is 4.79 Å². The Hall–Kier alpha value is -2.49. The van der Waals surface area contributed by atoms with Crippen LogP contribution >= 0.6 is 0 Å². The van der Waals surface area contributed by atoms with Crippen molar-refractivity contribution in [2.24, 2.45) is 5.92 Å². The van der Waals surface area contributed by atoms with Gasteiger partial charge in [-0.1, -0.05) is 13.8 Å². The molecule has 22 heavy (non-hydrogen) atoms. The van der Waals surface area contributed by atoms with Gasteiger partial charge in [0.15, 0.2) is 0 Å². The predicted molar refractivity (Wildman–Crippen MR) is 90.7 cm³/mol. The molecule has 0 spiro atoms. The summed E-state index contributed by atoms with van der Waals surface area (Å²) in [5.74, 6) is 1.19. The predicted octanol–water partition coefficient (Wildman–Crippen LogP) is 4.02. The van der Waals surface area contributed by atoms with E-state index >= 15 is 0 Å². The SMILES string of the molecule is COc1ccc(C(=O)Nc2ccc(NCC(C)C)cc2)cc1. The van der Waals surface area contributed by atoms with Crippen LogP contribution in [0.15, 0.2) is 48.5 Å².